The molecule has 0 unspecified atom stereocenters. The van der Waals surface area contributed by atoms with Gasteiger partial charge < -0.3 is 16.0 Å². The summed E-state index contributed by atoms with van der Waals surface area (Å²) >= 11 is 0. The Morgan fingerprint density at radius 3 is 2.56 bits per heavy atom. The normalized spacial score (nSPS) is 10.9. The van der Waals surface area contributed by atoms with Crippen LogP contribution < -0.4 is 27.2 Å². The molecule has 32 heavy (non-hydrogen) atoms. The van der Waals surface area contributed by atoms with E-state index in [4.69, 9.17) is 5.73 Å². The summed E-state index contributed by atoms with van der Waals surface area (Å²) in [7, 11) is 1.62. The molecule has 0 aliphatic rings. The highest BCUT2D eigenvalue weighted by atomic mass is 16.2. The molecule has 4 N–H and O–H groups in total. The van der Waals surface area contributed by atoms with Crippen LogP contribution in [-0.2, 0) is 16.1 Å². The molecule has 0 aromatic carbocycles. The minimum atomic E-state index is -0.721. The number of likely N-dealkylation sites (N-methyl/N-ethyl adjacent to an activating group) is 2. The van der Waals surface area contributed by atoms with Crippen LogP contribution in [0.25, 0.3) is 0 Å². The van der Waals surface area contributed by atoms with Crippen molar-refractivity contribution in [1.29, 1.82) is 0 Å². The molecule has 0 bridgehead atoms. The number of hydrogen-bond acceptors (Lipinski definition) is 7. The molecular weight excluding hydrogens is 414 g/mol. The Balaban J connectivity index is 2.13. The highest BCUT2D eigenvalue weighted by molar-refractivity contribution is 5.97. The van der Waals surface area contributed by atoms with E-state index in [1.165, 1.54) is 14.4 Å². The summed E-state index contributed by atoms with van der Waals surface area (Å²) in [5.41, 5.74) is 5.50. The highest BCUT2D eigenvalue weighted by Gasteiger charge is 2.24. The summed E-state index contributed by atoms with van der Waals surface area (Å²) in [5.74, 6) is -0.367. The fourth-order valence-electron chi connectivity index (χ4n) is 3.25. The monoisotopic (exact) mass is 445 g/mol. The zero-order chi connectivity index (χ0) is 23.8. The lowest BCUT2D eigenvalue weighted by atomic mass is 10.3. The number of aromatic amines is 1. The molecule has 2 heterocycles. The van der Waals surface area contributed by atoms with Crippen LogP contribution in [0.1, 0.15) is 32.4 Å². The number of carbonyl (C=O) groups is 2. The maximum absolute atomic E-state index is 12.9. The smallest absolute Gasteiger partial charge is 0.330 e. The number of rotatable bonds is 10. The van der Waals surface area contributed by atoms with Gasteiger partial charge in [-0.3, -0.25) is 28.8 Å². The van der Waals surface area contributed by atoms with Crippen LogP contribution in [0.5, 0.6) is 0 Å². The Morgan fingerprint density at radius 1 is 1.22 bits per heavy atom. The molecule has 0 saturated heterocycles. The second-order valence-corrected chi connectivity index (χ2v) is 7.52. The predicted octanol–water partition coefficient (Wildman–Crippen LogP) is 0.546. The van der Waals surface area contributed by atoms with E-state index in [2.05, 4.69) is 15.3 Å². The lowest BCUT2D eigenvalue weighted by molar-refractivity contribution is -0.121. The van der Waals surface area contributed by atoms with Crippen molar-refractivity contribution in [1.82, 2.24) is 19.4 Å². The van der Waals surface area contributed by atoms with E-state index in [0.29, 0.717) is 18.8 Å². The topological polar surface area (TPSA) is 146 Å². The van der Waals surface area contributed by atoms with Crippen molar-refractivity contribution in [3.8, 4) is 0 Å². The minimum absolute atomic E-state index is 0.0479. The van der Waals surface area contributed by atoms with Gasteiger partial charge in [0.25, 0.3) is 5.56 Å². The van der Waals surface area contributed by atoms with Gasteiger partial charge in [-0.2, -0.15) is 0 Å². The van der Waals surface area contributed by atoms with Crippen molar-refractivity contribution >= 4 is 29.1 Å². The highest BCUT2D eigenvalue weighted by Crippen LogP contribution is 2.17. The van der Waals surface area contributed by atoms with Crippen LogP contribution in [-0.4, -0.2) is 57.9 Å². The van der Waals surface area contributed by atoms with Crippen LogP contribution in [0.2, 0.25) is 0 Å². The molecule has 2 rings (SSSR count). The number of nitrogens with two attached hydrogens (primary N) is 1. The van der Waals surface area contributed by atoms with E-state index < -0.39 is 17.2 Å². The van der Waals surface area contributed by atoms with Crippen LogP contribution in [0.3, 0.4) is 0 Å². The summed E-state index contributed by atoms with van der Waals surface area (Å²) in [5, 5.41) is 2.68. The SMILES string of the molecule is CCCCn1c(N)c(N(CC)C(=O)CN(C)CC(=O)Nc2cccc(C)n2)c(=O)[nH]c1=O. The molecule has 0 atom stereocenters. The first kappa shape index (κ1) is 24.8. The zero-order valence-electron chi connectivity index (χ0n) is 19.0. The van der Waals surface area contributed by atoms with Gasteiger partial charge in [0, 0.05) is 18.8 Å². The zero-order valence-corrected chi connectivity index (χ0v) is 19.0. The Morgan fingerprint density at radius 2 is 1.94 bits per heavy atom. The number of pyridine rings is 1. The molecule has 0 aliphatic carbocycles. The first-order valence-electron chi connectivity index (χ1n) is 10.5. The van der Waals surface area contributed by atoms with Crippen molar-refractivity contribution in [2.24, 2.45) is 0 Å². The van der Waals surface area contributed by atoms with E-state index in [1.807, 2.05) is 19.9 Å². The quantitative estimate of drug-likeness (QED) is 0.484. The van der Waals surface area contributed by atoms with E-state index >= 15 is 0 Å². The minimum Gasteiger partial charge on any atom is -0.383 e. The summed E-state index contributed by atoms with van der Waals surface area (Å²) < 4.78 is 1.27. The number of aromatic nitrogens is 3. The first-order chi connectivity index (χ1) is 15.2. The number of nitrogen functional groups attached to an aromatic ring is 1. The third kappa shape index (κ3) is 6.27. The molecule has 0 saturated carbocycles. The average molecular weight is 446 g/mol. The second kappa shape index (κ2) is 11.2. The van der Waals surface area contributed by atoms with E-state index in [-0.39, 0.29) is 37.0 Å². The fourth-order valence-corrected chi connectivity index (χ4v) is 3.25. The number of nitrogens with one attached hydrogen (secondary N) is 2. The Kier molecular flexibility index (Phi) is 8.71. The molecule has 11 heteroatoms. The lowest BCUT2D eigenvalue weighted by Gasteiger charge is -2.25. The van der Waals surface area contributed by atoms with Crippen LogP contribution in [0.4, 0.5) is 17.3 Å². The first-order valence-corrected chi connectivity index (χ1v) is 10.5. The van der Waals surface area contributed by atoms with Crippen molar-refractivity contribution < 1.29 is 9.59 Å². The van der Waals surface area contributed by atoms with Crippen LogP contribution in [0.15, 0.2) is 27.8 Å². The molecule has 2 aromatic heterocycles. The Bertz CT molecular complexity index is 1080. The van der Waals surface area contributed by atoms with Gasteiger partial charge >= 0.3 is 5.69 Å². The number of carbonyl (C=O) groups excluding carboxylic acids is 2. The number of H-pyrrole nitrogens is 1. The van der Waals surface area contributed by atoms with Crippen molar-refractivity contribution in [3.63, 3.8) is 0 Å². The average Bonchev–Trinajstić information content (AvgIpc) is 2.70. The summed E-state index contributed by atoms with van der Waals surface area (Å²) in [6, 6.07) is 5.28. The summed E-state index contributed by atoms with van der Waals surface area (Å²) in [6.45, 7) is 5.81. The maximum atomic E-state index is 12.9. The predicted molar refractivity (Wildman–Crippen MR) is 124 cm³/mol. The van der Waals surface area contributed by atoms with Crippen LogP contribution in [0, 0.1) is 6.92 Å². The van der Waals surface area contributed by atoms with Gasteiger partial charge in [0.05, 0.1) is 13.1 Å². The van der Waals surface area contributed by atoms with E-state index in [9.17, 15) is 19.2 Å². The molecule has 2 amide bonds. The number of unbranched alkanes of at least 4 members (excludes halogenated alkanes) is 1. The van der Waals surface area contributed by atoms with Gasteiger partial charge in [-0.05, 0) is 39.4 Å². The van der Waals surface area contributed by atoms with Gasteiger partial charge in [-0.25, -0.2) is 9.78 Å². The number of hydrogen-bond donors (Lipinski definition) is 3. The molecule has 11 nitrogen and oxygen atoms in total. The Labute approximate surface area is 186 Å². The van der Waals surface area contributed by atoms with Crippen molar-refractivity contribution in [3.05, 3.63) is 44.7 Å². The molecule has 0 spiro atoms. The summed E-state index contributed by atoms with van der Waals surface area (Å²) in [6.07, 6.45) is 1.53. The van der Waals surface area contributed by atoms with Crippen LogP contribution >= 0.6 is 0 Å². The molecule has 0 aliphatic heterocycles. The molecule has 0 fully saturated rings. The van der Waals surface area contributed by atoms with Gasteiger partial charge in [0.1, 0.15) is 11.6 Å². The third-order valence-electron chi connectivity index (χ3n) is 4.81. The molecule has 2 aromatic rings. The van der Waals surface area contributed by atoms with Crippen molar-refractivity contribution in [2.45, 2.75) is 40.2 Å². The lowest BCUT2D eigenvalue weighted by Crippen LogP contribution is -2.45. The summed E-state index contributed by atoms with van der Waals surface area (Å²) in [4.78, 5) is 59.0. The largest absolute Gasteiger partial charge is 0.383 e. The fraction of sp³-hybridized carbons (Fsp3) is 0.476. The maximum Gasteiger partial charge on any atom is 0.330 e. The standard InChI is InChI=1S/C21H31N7O4/c1-5-7-11-28-19(22)18(20(31)25-21(28)32)27(6-2)17(30)13-26(4)12-16(29)24-15-10-8-9-14(3)23-15/h8-10H,5-7,11-13,22H2,1-4H3,(H,23,24,29)(H,25,31,32). The van der Waals surface area contributed by atoms with E-state index in [0.717, 1.165) is 12.1 Å². The molecule has 0 radical (unpaired) electrons. The van der Waals surface area contributed by atoms with Crippen molar-refractivity contribution in [2.75, 3.05) is 42.6 Å². The molecule has 174 valence electrons. The second-order valence-electron chi connectivity index (χ2n) is 7.52. The van der Waals surface area contributed by atoms with Gasteiger partial charge in [-0.15, -0.1) is 0 Å². The molecular formula is C21H31N7O4. The van der Waals surface area contributed by atoms with E-state index in [1.54, 1.807) is 26.1 Å². The number of nitrogens with zero attached hydrogens (tertiary/aromatic N) is 4. The number of aryl methyl sites for hydroxylation is 1. The third-order valence-corrected chi connectivity index (χ3v) is 4.81. The van der Waals surface area contributed by atoms with Gasteiger partial charge in [-0.1, -0.05) is 19.4 Å². The van der Waals surface area contributed by atoms with Gasteiger partial charge in [0.2, 0.25) is 11.8 Å². The number of anilines is 3. The van der Waals surface area contributed by atoms with Gasteiger partial charge in [0.15, 0.2) is 5.69 Å². The Hall–Kier alpha value is -3.47. The number of amides is 2.